The van der Waals surface area contributed by atoms with Crippen LogP contribution in [0.5, 0.6) is 0 Å². The summed E-state index contributed by atoms with van der Waals surface area (Å²) in [5.41, 5.74) is 6.51. The largest absolute Gasteiger partial charge is 0.461 e. The molecule has 1 aliphatic heterocycles. The smallest absolute Gasteiger partial charge is 0.338 e. The van der Waals surface area contributed by atoms with E-state index in [2.05, 4.69) is 21.1 Å². The lowest BCUT2D eigenvalue weighted by atomic mass is 10.1. The zero-order valence-corrected chi connectivity index (χ0v) is 10.6. The van der Waals surface area contributed by atoms with E-state index in [4.69, 9.17) is 4.74 Å². The summed E-state index contributed by atoms with van der Waals surface area (Å²) >= 11 is 0.138. The fourth-order valence-corrected chi connectivity index (χ4v) is 1.53. The number of ether oxygens (including phenoxy) is 1. The zero-order valence-electron chi connectivity index (χ0n) is 9.80. The number of nitrogens with zero attached hydrogens (tertiary/aromatic N) is 2. The second-order valence-electron chi connectivity index (χ2n) is 3.49. The minimum Gasteiger partial charge on any atom is -0.461 e. The number of benzene rings is 1. The number of amidine groups is 1. The molecule has 0 aliphatic carbocycles. The van der Waals surface area contributed by atoms with Gasteiger partial charge in [0.1, 0.15) is 12.9 Å². The fraction of sp³-hybridized carbons (Fsp3) is 0.182. The van der Waals surface area contributed by atoms with Crippen LogP contribution in [0.1, 0.15) is 15.9 Å². The molecule has 1 heterocycles. The van der Waals surface area contributed by atoms with Crippen LogP contribution in [0.25, 0.3) is 0 Å². The Hall–Kier alpha value is -2.09. The van der Waals surface area contributed by atoms with Crippen LogP contribution < -0.4 is 10.9 Å². The Balaban J connectivity index is 1.98. The van der Waals surface area contributed by atoms with E-state index in [9.17, 15) is 8.68 Å². The first-order valence-corrected chi connectivity index (χ1v) is 6.31. The molecule has 19 heavy (non-hydrogen) atoms. The second-order valence-corrected chi connectivity index (χ2v) is 4.11. The first-order valence-electron chi connectivity index (χ1n) is 5.43. The molecule has 100 valence electrons. The normalized spacial score (nSPS) is 13.2. The van der Waals surface area contributed by atoms with Gasteiger partial charge >= 0.3 is 5.97 Å². The van der Waals surface area contributed by atoms with Gasteiger partial charge in [0.25, 0.3) is 0 Å². The van der Waals surface area contributed by atoms with Gasteiger partial charge in [0.05, 0.1) is 11.3 Å². The van der Waals surface area contributed by atoms with Crippen molar-refractivity contribution in [1.29, 1.82) is 0 Å². The number of nitrogens with one attached hydrogen (secondary N) is 2. The summed E-state index contributed by atoms with van der Waals surface area (Å²) in [5, 5.41) is 7.78. The highest BCUT2D eigenvalue weighted by atomic mass is 32.2. The third kappa shape index (κ3) is 3.68. The molecule has 0 radical (unpaired) electrons. The molecule has 0 amide bonds. The molecule has 6 nitrogen and oxygen atoms in total. The van der Waals surface area contributed by atoms with Gasteiger partial charge in [0.2, 0.25) is 0 Å². The number of carbonyl (C=O) groups excluding carboxylic acids is 1. The monoisotopic (exact) mass is 282 g/mol. The number of hydrazone groups is 2. The first kappa shape index (κ1) is 13.3. The van der Waals surface area contributed by atoms with E-state index in [0.29, 0.717) is 11.4 Å². The average Bonchev–Trinajstić information content (AvgIpc) is 2.48. The van der Waals surface area contributed by atoms with Crippen LogP contribution in [0.15, 0.2) is 34.5 Å². The molecule has 0 saturated heterocycles. The third-order valence-electron chi connectivity index (χ3n) is 2.26. The van der Waals surface area contributed by atoms with Crippen molar-refractivity contribution < 1.29 is 13.4 Å². The van der Waals surface area contributed by atoms with Crippen molar-refractivity contribution >= 4 is 30.3 Å². The molecule has 1 aromatic rings. The molecule has 0 saturated carbocycles. The lowest BCUT2D eigenvalue weighted by Gasteiger charge is -2.09. The maximum Gasteiger partial charge on any atom is 0.338 e. The summed E-state index contributed by atoms with van der Waals surface area (Å²) in [6, 6.07) is 6.66. The second kappa shape index (κ2) is 6.74. The van der Waals surface area contributed by atoms with Gasteiger partial charge in [-0.2, -0.15) is 14.1 Å². The molecule has 8 heteroatoms. The molecular formula is C11H11FN4O2S. The highest BCUT2D eigenvalue weighted by Gasteiger charge is 2.09. The Morgan fingerprint density at radius 3 is 2.79 bits per heavy atom. The van der Waals surface area contributed by atoms with E-state index in [1.54, 1.807) is 24.3 Å². The number of hydrogen-bond donors (Lipinski definition) is 2. The molecule has 1 aromatic carbocycles. The minimum atomic E-state index is -0.477. The van der Waals surface area contributed by atoms with E-state index in [-0.39, 0.29) is 24.5 Å². The van der Waals surface area contributed by atoms with Crippen molar-refractivity contribution in [3.63, 3.8) is 0 Å². The van der Waals surface area contributed by atoms with Crippen LogP contribution in [-0.2, 0) is 4.74 Å². The summed E-state index contributed by atoms with van der Waals surface area (Å²) in [5.74, 6) is 0.209. The highest BCUT2D eigenvalue weighted by Crippen LogP contribution is 2.08. The van der Waals surface area contributed by atoms with Crippen molar-refractivity contribution in [2.24, 2.45) is 10.2 Å². The number of hydrogen-bond acceptors (Lipinski definition) is 7. The van der Waals surface area contributed by atoms with Crippen LogP contribution in [-0.4, -0.2) is 30.5 Å². The lowest BCUT2D eigenvalue weighted by Crippen LogP contribution is -2.27. The standard InChI is InChI=1S/C11H11FN4O2S/c12-19-6-5-18-11(17)9-3-1-8(2-4-9)10-15-13-7-14-16-10/h1-4,7H,5-6H2,(H,13,14)(H,15,16). The zero-order chi connectivity index (χ0) is 13.5. The molecule has 0 atom stereocenters. The topological polar surface area (TPSA) is 75.1 Å². The van der Waals surface area contributed by atoms with Crippen LogP contribution in [0.3, 0.4) is 0 Å². The van der Waals surface area contributed by atoms with Crippen LogP contribution in [0.4, 0.5) is 3.89 Å². The van der Waals surface area contributed by atoms with E-state index >= 15 is 0 Å². The van der Waals surface area contributed by atoms with Gasteiger partial charge in [-0.15, -0.1) is 0 Å². The number of halogens is 1. The Kier molecular flexibility index (Phi) is 4.73. The molecule has 0 bridgehead atoms. The number of carbonyl (C=O) groups is 1. The molecule has 0 unspecified atom stereocenters. The summed E-state index contributed by atoms with van der Waals surface area (Å²) in [4.78, 5) is 11.6. The Morgan fingerprint density at radius 1 is 1.37 bits per heavy atom. The molecule has 0 fully saturated rings. The van der Waals surface area contributed by atoms with Gasteiger partial charge in [-0.1, -0.05) is 12.1 Å². The Labute approximate surface area is 113 Å². The molecule has 2 N–H and O–H groups in total. The van der Waals surface area contributed by atoms with Gasteiger partial charge in [-0.05, 0) is 12.1 Å². The highest BCUT2D eigenvalue weighted by molar-refractivity contribution is 7.94. The van der Waals surface area contributed by atoms with Gasteiger partial charge < -0.3 is 4.74 Å². The van der Waals surface area contributed by atoms with Gasteiger partial charge in [0.15, 0.2) is 5.84 Å². The quantitative estimate of drug-likeness (QED) is 0.628. The van der Waals surface area contributed by atoms with Crippen LogP contribution in [0.2, 0.25) is 0 Å². The van der Waals surface area contributed by atoms with E-state index in [1.807, 2.05) is 0 Å². The number of rotatable bonds is 5. The van der Waals surface area contributed by atoms with Gasteiger partial charge in [0, 0.05) is 17.7 Å². The average molecular weight is 282 g/mol. The molecule has 0 aromatic heterocycles. The molecule has 2 rings (SSSR count). The van der Waals surface area contributed by atoms with Gasteiger partial charge in [-0.3, -0.25) is 10.9 Å². The van der Waals surface area contributed by atoms with Crippen molar-refractivity contribution in [2.75, 3.05) is 12.4 Å². The molecular weight excluding hydrogens is 271 g/mol. The summed E-state index contributed by atoms with van der Waals surface area (Å²) in [6.45, 7) is 0.0502. The van der Waals surface area contributed by atoms with Crippen molar-refractivity contribution in [3.8, 4) is 0 Å². The minimum absolute atomic E-state index is 0.0502. The van der Waals surface area contributed by atoms with Crippen molar-refractivity contribution in [1.82, 2.24) is 10.9 Å². The predicted octanol–water partition coefficient (Wildman–Crippen LogP) is 1.26. The van der Waals surface area contributed by atoms with Gasteiger partial charge in [-0.25, -0.2) is 4.79 Å². The molecule has 0 spiro atoms. The SMILES string of the molecule is O=C(OCCSF)c1ccc(C2=NNC=NN2)cc1. The third-order valence-corrected chi connectivity index (χ3v) is 2.58. The summed E-state index contributed by atoms with van der Waals surface area (Å²) in [6.07, 6.45) is 1.41. The van der Waals surface area contributed by atoms with Crippen molar-refractivity contribution in [2.45, 2.75) is 0 Å². The predicted molar refractivity (Wildman–Crippen MR) is 71.6 cm³/mol. The fourth-order valence-electron chi connectivity index (χ4n) is 1.38. The number of esters is 1. The lowest BCUT2D eigenvalue weighted by molar-refractivity contribution is 0.0530. The summed E-state index contributed by atoms with van der Waals surface area (Å²) in [7, 11) is 0. The maximum absolute atomic E-state index is 11.8. The maximum atomic E-state index is 11.8. The van der Waals surface area contributed by atoms with E-state index < -0.39 is 5.97 Å². The summed E-state index contributed by atoms with van der Waals surface area (Å²) < 4.78 is 16.7. The Morgan fingerprint density at radius 2 is 2.16 bits per heavy atom. The Bertz CT molecular complexity index is 504. The van der Waals surface area contributed by atoms with E-state index in [1.165, 1.54) is 6.34 Å². The first-order chi connectivity index (χ1) is 9.31. The molecule has 1 aliphatic rings. The van der Waals surface area contributed by atoms with Crippen LogP contribution in [0, 0.1) is 0 Å². The van der Waals surface area contributed by atoms with Crippen LogP contribution >= 0.6 is 12.1 Å². The van der Waals surface area contributed by atoms with E-state index in [0.717, 1.165) is 5.56 Å². The van der Waals surface area contributed by atoms with Crippen molar-refractivity contribution in [3.05, 3.63) is 35.4 Å².